The van der Waals surface area contributed by atoms with Gasteiger partial charge in [0.1, 0.15) is 6.10 Å². The standard InChI is InChI=1S/C18H20N4O/c1-13-4-3-5-15-16(6-7-19-18(13)15)22-8-9-23-17(12-22)14-10-20-21(2)11-14/h3-7,10-11,17H,8-9,12H2,1-2H3. The number of morpholine rings is 1. The van der Waals surface area contributed by atoms with Crippen molar-refractivity contribution in [3.05, 3.63) is 54.0 Å². The number of aryl methyl sites for hydroxylation is 2. The average Bonchev–Trinajstić information content (AvgIpc) is 3.02. The van der Waals surface area contributed by atoms with Crippen molar-refractivity contribution in [2.75, 3.05) is 24.6 Å². The molecule has 0 spiro atoms. The summed E-state index contributed by atoms with van der Waals surface area (Å²) < 4.78 is 7.78. The van der Waals surface area contributed by atoms with Crippen molar-refractivity contribution in [3.8, 4) is 0 Å². The van der Waals surface area contributed by atoms with Gasteiger partial charge in [0.2, 0.25) is 0 Å². The molecule has 0 N–H and O–H groups in total. The molecule has 3 heterocycles. The number of ether oxygens (including phenoxy) is 1. The van der Waals surface area contributed by atoms with Crippen LogP contribution in [0.1, 0.15) is 17.2 Å². The van der Waals surface area contributed by atoms with Crippen LogP contribution in [0.25, 0.3) is 10.9 Å². The van der Waals surface area contributed by atoms with Crippen molar-refractivity contribution < 1.29 is 4.74 Å². The summed E-state index contributed by atoms with van der Waals surface area (Å²) in [5, 5.41) is 5.47. The Morgan fingerprint density at radius 1 is 1.26 bits per heavy atom. The number of benzene rings is 1. The van der Waals surface area contributed by atoms with Gasteiger partial charge in [-0.05, 0) is 18.6 Å². The maximum atomic E-state index is 5.95. The van der Waals surface area contributed by atoms with Crippen LogP contribution in [0.4, 0.5) is 5.69 Å². The van der Waals surface area contributed by atoms with Gasteiger partial charge >= 0.3 is 0 Å². The van der Waals surface area contributed by atoms with Crippen LogP contribution in [0.15, 0.2) is 42.9 Å². The molecule has 0 bridgehead atoms. The third-order valence-corrected chi connectivity index (χ3v) is 4.45. The van der Waals surface area contributed by atoms with E-state index in [1.54, 1.807) is 0 Å². The van der Waals surface area contributed by atoms with E-state index < -0.39 is 0 Å². The zero-order chi connectivity index (χ0) is 15.8. The molecule has 0 radical (unpaired) electrons. The van der Waals surface area contributed by atoms with E-state index in [0.29, 0.717) is 0 Å². The van der Waals surface area contributed by atoms with E-state index in [1.807, 2.05) is 30.3 Å². The largest absolute Gasteiger partial charge is 0.370 e. The molecule has 0 amide bonds. The van der Waals surface area contributed by atoms with E-state index in [9.17, 15) is 0 Å². The highest BCUT2D eigenvalue weighted by atomic mass is 16.5. The van der Waals surface area contributed by atoms with Crippen molar-refractivity contribution in [1.82, 2.24) is 14.8 Å². The van der Waals surface area contributed by atoms with Crippen LogP contribution in [-0.2, 0) is 11.8 Å². The molecule has 5 nitrogen and oxygen atoms in total. The average molecular weight is 308 g/mol. The van der Waals surface area contributed by atoms with E-state index in [4.69, 9.17) is 4.74 Å². The second kappa shape index (κ2) is 5.66. The van der Waals surface area contributed by atoms with Gasteiger partial charge in [-0.3, -0.25) is 9.67 Å². The minimum Gasteiger partial charge on any atom is -0.370 e. The number of hydrogen-bond donors (Lipinski definition) is 0. The lowest BCUT2D eigenvalue weighted by Crippen LogP contribution is -2.38. The number of anilines is 1. The lowest BCUT2D eigenvalue weighted by molar-refractivity contribution is 0.0398. The summed E-state index contributed by atoms with van der Waals surface area (Å²) in [6.45, 7) is 4.55. The molecule has 118 valence electrons. The molecule has 1 unspecified atom stereocenters. The van der Waals surface area contributed by atoms with Crippen molar-refractivity contribution in [2.24, 2.45) is 7.05 Å². The lowest BCUT2D eigenvalue weighted by atomic mass is 10.1. The van der Waals surface area contributed by atoms with Crippen molar-refractivity contribution in [2.45, 2.75) is 13.0 Å². The third-order valence-electron chi connectivity index (χ3n) is 4.45. The highest BCUT2D eigenvalue weighted by Gasteiger charge is 2.24. The highest BCUT2D eigenvalue weighted by molar-refractivity contribution is 5.93. The Bertz CT molecular complexity index is 842. The SMILES string of the molecule is Cc1cccc2c(N3CCOC(c4cnn(C)c4)C3)ccnc12. The Morgan fingerprint density at radius 2 is 2.17 bits per heavy atom. The molecule has 1 saturated heterocycles. The maximum Gasteiger partial charge on any atom is 0.103 e. The fourth-order valence-corrected chi connectivity index (χ4v) is 3.26. The van der Waals surface area contributed by atoms with Gasteiger partial charge in [-0.1, -0.05) is 18.2 Å². The van der Waals surface area contributed by atoms with Crippen LogP contribution in [-0.4, -0.2) is 34.5 Å². The quantitative estimate of drug-likeness (QED) is 0.730. The molecule has 1 aliphatic heterocycles. The summed E-state index contributed by atoms with van der Waals surface area (Å²) in [4.78, 5) is 6.94. The Morgan fingerprint density at radius 3 is 3.00 bits per heavy atom. The number of hydrogen-bond acceptors (Lipinski definition) is 4. The van der Waals surface area contributed by atoms with Crippen LogP contribution in [0.3, 0.4) is 0 Å². The number of fused-ring (bicyclic) bond motifs is 1. The number of rotatable bonds is 2. The smallest absolute Gasteiger partial charge is 0.103 e. The molecular formula is C18H20N4O. The second-order valence-electron chi connectivity index (χ2n) is 6.05. The minimum atomic E-state index is 0.0606. The van der Waals surface area contributed by atoms with Crippen LogP contribution in [0.5, 0.6) is 0 Å². The zero-order valence-corrected chi connectivity index (χ0v) is 13.4. The molecule has 1 aliphatic rings. The van der Waals surface area contributed by atoms with Gasteiger partial charge in [0.15, 0.2) is 0 Å². The molecule has 1 atom stereocenters. The highest BCUT2D eigenvalue weighted by Crippen LogP contribution is 2.31. The second-order valence-corrected chi connectivity index (χ2v) is 6.05. The molecule has 1 aromatic carbocycles. The first-order chi connectivity index (χ1) is 11.2. The van der Waals surface area contributed by atoms with Gasteiger partial charge in [-0.15, -0.1) is 0 Å². The lowest BCUT2D eigenvalue weighted by Gasteiger charge is -2.34. The summed E-state index contributed by atoms with van der Waals surface area (Å²) >= 11 is 0. The van der Waals surface area contributed by atoms with Crippen molar-refractivity contribution >= 4 is 16.6 Å². The molecule has 5 heteroatoms. The van der Waals surface area contributed by atoms with Crippen LogP contribution < -0.4 is 4.90 Å². The first-order valence-corrected chi connectivity index (χ1v) is 7.92. The Balaban J connectivity index is 1.69. The molecule has 0 saturated carbocycles. The van der Waals surface area contributed by atoms with E-state index in [2.05, 4.69) is 46.2 Å². The Labute approximate surface area is 135 Å². The van der Waals surface area contributed by atoms with Crippen LogP contribution in [0.2, 0.25) is 0 Å². The fraction of sp³-hybridized carbons (Fsp3) is 0.333. The molecule has 4 rings (SSSR count). The first-order valence-electron chi connectivity index (χ1n) is 7.92. The van der Waals surface area contributed by atoms with E-state index >= 15 is 0 Å². The van der Waals surface area contributed by atoms with Gasteiger partial charge in [0.25, 0.3) is 0 Å². The van der Waals surface area contributed by atoms with E-state index in [0.717, 1.165) is 30.8 Å². The first kappa shape index (κ1) is 14.2. The normalized spacial score (nSPS) is 18.5. The molecule has 23 heavy (non-hydrogen) atoms. The summed E-state index contributed by atoms with van der Waals surface area (Å²) in [6.07, 6.45) is 5.89. The molecular weight excluding hydrogens is 288 g/mol. The number of aromatic nitrogens is 3. The number of pyridine rings is 1. The van der Waals surface area contributed by atoms with Gasteiger partial charge in [0, 0.05) is 49.2 Å². The third kappa shape index (κ3) is 2.57. The van der Waals surface area contributed by atoms with Crippen LogP contribution in [0, 0.1) is 6.92 Å². The van der Waals surface area contributed by atoms with Crippen LogP contribution >= 0.6 is 0 Å². The fourth-order valence-electron chi connectivity index (χ4n) is 3.26. The van der Waals surface area contributed by atoms with Gasteiger partial charge in [-0.25, -0.2) is 0 Å². The molecule has 3 aromatic rings. The Hall–Kier alpha value is -2.40. The van der Waals surface area contributed by atoms with Crippen molar-refractivity contribution in [1.29, 1.82) is 0 Å². The van der Waals surface area contributed by atoms with E-state index in [-0.39, 0.29) is 6.10 Å². The topological polar surface area (TPSA) is 43.2 Å². The van der Waals surface area contributed by atoms with Gasteiger partial charge in [0.05, 0.1) is 18.3 Å². The molecule has 1 fully saturated rings. The number of para-hydroxylation sites is 1. The van der Waals surface area contributed by atoms with Gasteiger partial charge < -0.3 is 9.64 Å². The monoisotopic (exact) mass is 308 g/mol. The predicted octanol–water partition coefficient (Wildman–Crippen LogP) is 2.85. The summed E-state index contributed by atoms with van der Waals surface area (Å²) in [5.74, 6) is 0. The summed E-state index contributed by atoms with van der Waals surface area (Å²) in [6, 6.07) is 8.46. The zero-order valence-electron chi connectivity index (χ0n) is 13.4. The summed E-state index contributed by atoms with van der Waals surface area (Å²) in [5.41, 5.74) is 4.65. The van der Waals surface area contributed by atoms with Gasteiger partial charge in [-0.2, -0.15) is 5.10 Å². The number of nitrogens with zero attached hydrogens (tertiary/aromatic N) is 4. The van der Waals surface area contributed by atoms with Crippen molar-refractivity contribution in [3.63, 3.8) is 0 Å². The summed E-state index contributed by atoms with van der Waals surface area (Å²) in [7, 11) is 1.93. The molecule has 0 aliphatic carbocycles. The molecule has 2 aromatic heterocycles. The minimum absolute atomic E-state index is 0.0606. The maximum absolute atomic E-state index is 5.95. The van der Waals surface area contributed by atoms with E-state index in [1.165, 1.54) is 16.6 Å². The predicted molar refractivity (Wildman–Crippen MR) is 90.6 cm³/mol. The Kier molecular flexibility index (Phi) is 3.50.